The normalized spacial score (nSPS) is 15.9. The van der Waals surface area contributed by atoms with Crippen LogP contribution in [0, 0.1) is 0 Å². The topological polar surface area (TPSA) is 81.2 Å². The van der Waals surface area contributed by atoms with Crippen LogP contribution in [0.4, 0.5) is 21.0 Å². The summed E-state index contributed by atoms with van der Waals surface area (Å²) < 4.78 is 0. The lowest BCUT2D eigenvalue weighted by Gasteiger charge is -2.17. The molecule has 0 unspecified atom stereocenters. The number of hydrogen-bond acceptors (Lipinski definition) is 4. The summed E-state index contributed by atoms with van der Waals surface area (Å²) >= 11 is 0. The second-order valence-corrected chi connectivity index (χ2v) is 7.89. The minimum atomic E-state index is -0.233. The van der Waals surface area contributed by atoms with Crippen LogP contribution in [-0.2, 0) is 9.59 Å². The highest BCUT2D eigenvalue weighted by Gasteiger charge is 2.37. The van der Waals surface area contributed by atoms with Crippen molar-refractivity contribution in [2.45, 2.75) is 13.8 Å². The first-order chi connectivity index (χ1) is 16.5. The Labute approximate surface area is 197 Å². The van der Waals surface area contributed by atoms with Gasteiger partial charge in [-0.2, -0.15) is 0 Å². The van der Waals surface area contributed by atoms with Crippen molar-refractivity contribution in [3.8, 4) is 0 Å². The molecule has 8 nitrogen and oxygen atoms in total. The first-order valence-electron chi connectivity index (χ1n) is 11.2. The number of benzene rings is 3. The van der Waals surface area contributed by atoms with E-state index in [9.17, 15) is 19.2 Å². The molecular weight excluding hydrogens is 432 g/mol. The van der Waals surface area contributed by atoms with Crippen LogP contribution in [0.1, 0.15) is 13.8 Å². The first-order valence-corrected chi connectivity index (χ1v) is 11.2. The molecule has 0 atom stereocenters. The van der Waals surface area contributed by atoms with E-state index in [2.05, 4.69) is 0 Å². The average molecular weight is 459 g/mol. The highest BCUT2D eigenvalue weighted by molar-refractivity contribution is 6.23. The van der Waals surface area contributed by atoms with E-state index < -0.39 is 0 Å². The Morgan fingerprint density at radius 2 is 1.15 bits per heavy atom. The predicted octanol–water partition coefficient (Wildman–Crippen LogP) is 4.10. The van der Waals surface area contributed by atoms with Gasteiger partial charge in [0.25, 0.3) is 11.8 Å². The van der Waals surface area contributed by atoms with Gasteiger partial charge in [0, 0.05) is 18.5 Å². The molecule has 0 radical (unpaired) electrons. The SMILES string of the molecule is CCN1CC(=O)N(c2cccc3ccccc23)C1=O.CCN1CC(=O)N(c2ccccc2)C1=O. The molecule has 0 N–H and O–H groups in total. The van der Waals surface area contributed by atoms with Crippen LogP contribution in [0.2, 0.25) is 0 Å². The summed E-state index contributed by atoms with van der Waals surface area (Å²) in [5.74, 6) is -0.323. The Kier molecular flexibility index (Phi) is 6.58. The van der Waals surface area contributed by atoms with Crippen molar-refractivity contribution < 1.29 is 19.2 Å². The highest BCUT2D eigenvalue weighted by Crippen LogP contribution is 2.29. The van der Waals surface area contributed by atoms with Gasteiger partial charge < -0.3 is 9.80 Å². The Morgan fingerprint density at radius 3 is 1.76 bits per heavy atom. The second-order valence-electron chi connectivity index (χ2n) is 7.89. The molecule has 3 aromatic carbocycles. The zero-order valence-corrected chi connectivity index (χ0v) is 19.2. The number of hydrogen-bond donors (Lipinski definition) is 0. The maximum absolute atomic E-state index is 12.2. The van der Waals surface area contributed by atoms with Crippen molar-refractivity contribution in [3.05, 3.63) is 72.8 Å². The van der Waals surface area contributed by atoms with E-state index in [0.717, 1.165) is 10.8 Å². The molecule has 2 aliphatic heterocycles. The number of urea groups is 2. The first kappa shape index (κ1) is 23.0. The van der Waals surface area contributed by atoms with Gasteiger partial charge in [0.2, 0.25) is 0 Å². The van der Waals surface area contributed by atoms with Gasteiger partial charge in [0.15, 0.2) is 0 Å². The molecule has 2 saturated heterocycles. The number of anilines is 2. The molecular formula is C26H26N4O4. The minimum absolute atomic E-state index is 0.159. The molecule has 0 spiro atoms. The van der Waals surface area contributed by atoms with Crippen molar-refractivity contribution >= 4 is 46.0 Å². The molecule has 0 aromatic heterocycles. The molecule has 0 bridgehead atoms. The smallest absolute Gasteiger partial charge is 0.315 e. The summed E-state index contributed by atoms with van der Waals surface area (Å²) in [5, 5.41) is 1.94. The van der Waals surface area contributed by atoms with Crippen molar-refractivity contribution in [1.82, 2.24) is 9.80 Å². The molecule has 6 amide bonds. The van der Waals surface area contributed by atoms with E-state index >= 15 is 0 Å². The Hall–Kier alpha value is -4.20. The highest BCUT2D eigenvalue weighted by atomic mass is 16.2. The van der Waals surface area contributed by atoms with Crippen molar-refractivity contribution in [3.63, 3.8) is 0 Å². The number of para-hydroxylation sites is 1. The van der Waals surface area contributed by atoms with E-state index in [1.54, 1.807) is 17.0 Å². The maximum Gasteiger partial charge on any atom is 0.331 e. The molecule has 8 heteroatoms. The fourth-order valence-electron chi connectivity index (χ4n) is 4.07. The van der Waals surface area contributed by atoms with Gasteiger partial charge in [-0.15, -0.1) is 0 Å². The number of carbonyl (C=O) groups is 4. The molecule has 34 heavy (non-hydrogen) atoms. The van der Waals surface area contributed by atoms with Gasteiger partial charge >= 0.3 is 12.1 Å². The summed E-state index contributed by atoms with van der Waals surface area (Å²) in [7, 11) is 0. The van der Waals surface area contributed by atoms with Gasteiger partial charge in [0.05, 0.1) is 11.4 Å². The number of nitrogens with zero attached hydrogens (tertiary/aromatic N) is 4. The van der Waals surface area contributed by atoms with Gasteiger partial charge in [-0.1, -0.05) is 54.6 Å². The van der Waals surface area contributed by atoms with E-state index in [1.807, 2.05) is 74.5 Å². The molecule has 2 aliphatic rings. The number of rotatable bonds is 4. The lowest BCUT2D eigenvalue weighted by Crippen LogP contribution is -2.33. The van der Waals surface area contributed by atoms with Crippen molar-refractivity contribution in [1.29, 1.82) is 0 Å². The lowest BCUT2D eigenvalue weighted by atomic mass is 10.1. The number of amides is 6. The summed E-state index contributed by atoms with van der Waals surface area (Å²) in [4.78, 5) is 53.3. The van der Waals surface area contributed by atoms with E-state index in [4.69, 9.17) is 0 Å². The van der Waals surface area contributed by atoms with Crippen LogP contribution >= 0.6 is 0 Å². The quantitative estimate of drug-likeness (QED) is 0.551. The molecule has 2 fully saturated rings. The number of imide groups is 2. The van der Waals surface area contributed by atoms with Crippen LogP contribution in [0.5, 0.6) is 0 Å². The number of fused-ring (bicyclic) bond motifs is 1. The molecule has 2 heterocycles. The fraction of sp³-hybridized carbons (Fsp3) is 0.231. The van der Waals surface area contributed by atoms with Crippen LogP contribution in [0.3, 0.4) is 0 Å². The number of carbonyl (C=O) groups excluding carboxylic acids is 4. The second kappa shape index (κ2) is 9.74. The minimum Gasteiger partial charge on any atom is -0.315 e. The zero-order valence-electron chi connectivity index (χ0n) is 19.2. The van der Waals surface area contributed by atoms with Gasteiger partial charge in [-0.3, -0.25) is 9.59 Å². The summed E-state index contributed by atoms with van der Waals surface area (Å²) in [6, 6.07) is 21.9. The zero-order chi connectivity index (χ0) is 24.2. The standard InChI is InChI=1S/C15H14N2O2.C11H12N2O2/c1-2-16-10-14(18)17(15(16)19)13-9-5-7-11-6-3-4-8-12(11)13;1-2-12-8-10(14)13(11(12)15)9-6-4-3-5-7-9/h3-9H,2,10H2,1H3;3-7H,2,8H2,1H3. The van der Waals surface area contributed by atoms with E-state index in [1.165, 1.54) is 14.7 Å². The van der Waals surface area contributed by atoms with Crippen LogP contribution in [-0.4, -0.2) is 59.9 Å². The third-order valence-electron chi connectivity index (χ3n) is 5.86. The van der Waals surface area contributed by atoms with Crippen LogP contribution in [0.25, 0.3) is 10.8 Å². The lowest BCUT2D eigenvalue weighted by molar-refractivity contribution is -0.117. The molecule has 0 saturated carbocycles. The maximum atomic E-state index is 12.2. The van der Waals surface area contributed by atoms with Gasteiger partial charge in [-0.25, -0.2) is 19.4 Å². The third-order valence-corrected chi connectivity index (χ3v) is 5.86. The summed E-state index contributed by atoms with van der Waals surface area (Å²) in [6.45, 7) is 5.19. The monoisotopic (exact) mass is 458 g/mol. The van der Waals surface area contributed by atoms with Crippen LogP contribution in [0.15, 0.2) is 72.8 Å². The number of likely N-dealkylation sites (N-methyl/N-ethyl adjacent to an activating group) is 2. The summed E-state index contributed by atoms with van der Waals surface area (Å²) in [6.07, 6.45) is 0. The Balaban J connectivity index is 0.000000166. The van der Waals surface area contributed by atoms with Gasteiger partial charge in [-0.05, 0) is 37.4 Å². The van der Waals surface area contributed by atoms with Crippen LogP contribution < -0.4 is 9.80 Å². The fourth-order valence-corrected chi connectivity index (χ4v) is 4.07. The molecule has 0 aliphatic carbocycles. The third kappa shape index (κ3) is 4.22. The molecule has 174 valence electrons. The summed E-state index contributed by atoms with van der Waals surface area (Å²) in [5.41, 5.74) is 1.31. The van der Waals surface area contributed by atoms with Crippen molar-refractivity contribution in [2.75, 3.05) is 36.0 Å². The van der Waals surface area contributed by atoms with E-state index in [0.29, 0.717) is 24.5 Å². The predicted molar refractivity (Wildman–Crippen MR) is 131 cm³/mol. The molecule has 5 rings (SSSR count). The van der Waals surface area contributed by atoms with E-state index in [-0.39, 0.29) is 37.0 Å². The Bertz CT molecular complexity index is 1240. The molecule has 3 aromatic rings. The average Bonchev–Trinajstić information content (AvgIpc) is 3.32. The largest absolute Gasteiger partial charge is 0.331 e. The van der Waals surface area contributed by atoms with Gasteiger partial charge in [0.1, 0.15) is 13.1 Å². The van der Waals surface area contributed by atoms with Crippen molar-refractivity contribution in [2.24, 2.45) is 0 Å². The Morgan fingerprint density at radius 1 is 0.618 bits per heavy atom.